The van der Waals surface area contributed by atoms with E-state index in [4.69, 9.17) is 4.74 Å². The number of ether oxygens (including phenoxy) is 1. The van der Waals surface area contributed by atoms with Gasteiger partial charge in [0.15, 0.2) is 0 Å². The van der Waals surface area contributed by atoms with Crippen LogP contribution in [0.15, 0.2) is 0 Å². The van der Waals surface area contributed by atoms with Gasteiger partial charge in [-0.2, -0.15) is 0 Å². The largest absolute Gasteiger partial charge is 0.444 e. The summed E-state index contributed by atoms with van der Waals surface area (Å²) in [5.41, 5.74) is -1.41. The van der Waals surface area contributed by atoms with Gasteiger partial charge in [-0.1, -0.05) is 13.3 Å². The predicted octanol–water partition coefficient (Wildman–Crippen LogP) is 3.18. The van der Waals surface area contributed by atoms with Gasteiger partial charge in [-0.05, 0) is 53.4 Å². The number of carbonyl (C=O) groups is 1. The Morgan fingerprint density at radius 1 is 1.26 bits per heavy atom. The molecule has 4 heteroatoms. The van der Waals surface area contributed by atoms with Crippen molar-refractivity contribution in [2.24, 2.45) is 5.92 Å². The minimum absolute atomic E-state index is 0.182. The number of hydrogen-bond donors (Lipinski definition) is 1. The average molecular weight is 271 g/mol. The van der Waals surface area contributed by atoms with Crippen molar-refractivity contribution in [1.29, 1.82) is 0 Å². The molecule has 1 aliphatic rings. The first-order valence-corrected chi connectivity index (χ1v) is 7.21. The molecule has 0 radical (unpaired) electrons. The number of hydrogen-bond acceptors (Lipinski definition) is 3. The van der Waals surface area contributed by atoms with Crippen LogP contribution >= 0.6 is 0 Å². The summed E-state index contributed by atoms with van der Waals surface area (Å²) in [6.45, 7) is 11.5. The Morgan fingerprint density at radius 2 is 1.84 bits per heavy atom. The molecule has 0 aromatic heterocycles. The van der Waals surface area contributed by atoms with E-state index in [-0.39, 0.29) is 12.1 Å². The van der Waals surface area contributed by atoms with E-state index in [1.54, 1.807) is 18.7 Å². The Kier molecular flexibility index (Phi) is 4.88. The Bertz CT molecular complexity index is 314. The fraction of sp³-hybridized carbons (Fsp3) is 0.933. The Hall–Kier alpha value is -0.770. The first-order chi connectivity index (χ1) is 8.49. The zero-order chi connectivity index (χ0) is 14.8. The van der Waals surface area contributed by atoms with Crippen LogP contribution in [0.4, 0.5) is 4.79 Å². The van der Waals surface area contributed by atoms with Crippen molar-refractivity contribution in [3.8, 4) is 0 Å². The SMILES string of the molecule is CC1CCCC1N(CC(C)(C)O)C(=O)OC(C)(C)C. The van der Waals surface area contributed by atoms with Crippen LogP contribution in [-0.2, 0) is 4.74 Å². The molecule has 1 fully saturated rings. The van der Waals surface area contributed by atoms with E-state index in [1.807, 2.05) is 20.8 Å². The third kappa shape index (κ3) is 5.39. The highest BCUT2D eigenvalue weighted by Gasteiger charge is 2.36. The lowest BCUT2D eigenvalue weighted by molar-refractivity contribution is -0.0187. The lowest BCUT2D eigenvalue weighted by atomic mass is 10.0. The molecule has 1 amide bonds. The van der Waals surface area contributed by atoms with E-state index in [9.17, 15) is 9.90 Å². The van der Waals surface area contributed by atoms with Gasteiger partial charge in [0.2, 0.25) is 0 Å². The molecule has 0 spiro atoms. The van der Waals surface area contributed by atoms with Crippen LogP contribution in [0.25, 0.3) is 0 Å². The Labute approximate surface area is 117 Å². The molecule has 0 saturated heterocycles. The quantitative estimate of drug-likeness (QED) is 0.857. The second kappa shape index (κ2) is 5.70. The van der Waals surface area contributed by atoms with Gasteiger partial charge in [0.1, 0.15) is 5.60 Å². The molecule has 19 heavy (non-hydrogen) atoms. The average Bonchev–Trinajstić information content (AvgIpc) is 2.56. The fourth-order valence-corrected chi connectivity index (χ4v) is 2.64. The van der Waals surface area contributed by atoms with Crippen LogP contribution < -0.4 is 0 Å². The normalized spacial score (nSPS) is 24.4. The number of nitrogens with zero attached hydrogens (tertiary/aromatic N) is 1. The van der Waals surface area contributed by atoms with E-state index in [0.29, 0.717) is 12.5 Å². The number of rotatable bonds is 3. The summed E-state index contributed by atoms with van der Waals surface area (Å²) in [5.74, 6) is 0.467. The maximum atomic E-state index is 12.4. The van der Waals surface area contributed by atoms with Gasteiger partial charge in [-0.3, -0.25) is 0 Å². The lowest BCUT2D eigenvalue weighted by Crippen LogP contribution is -2.50. The summed E-state index contributed by atoms with van der Waals surface area (Å²) in [6.07, 6.45) is 2.96. The van der Waals surface area contributed by atoms with E-state index >= 15 is 0 Å². The van der Waals surface area contributed by atoms with Gasteiger partial charge < -0.3 is 14.7 Å². The van der Waals surface area contributed by atoms with Crippen molar-refractivity contribution in [3.63, 3.8) is 0 Å². The van der Waals surface area contributed by atoms with Crippen LogP contribution in [0, 0.1) is 5.92 Å². The van der Waals surface area contributed by atoms with Crippen molar-refractivity contribution in [2.75, 3.05) is 6.54 Å². The van der Waals surface area contributed by atoms with Gasteiger partial charge in [-0.15, -0.1) is 0 Å². The first-order valence-electron chi connectivity index (χ1n) is 7.21. The fourth-order valence-electron chi connectivity index (χ4n) is 2.64. The smallest absolute Gasteiger partial charge is 0.410 e. The maximum absolute atomic E-state index is 12.4. The summed E-state index contributed by atoms with van der Waals surface area (Å²) in [6, 6.07) is 0.182. The lowest BCUT2D eigenvalue weighted by Gasteiger charge is -2.37. The minimum atomic E-state index is -0.904. The monoisotopic (exact) mass is 271 g/mol. The third-order valence-electron chi connectivity index (χ3n) is 3.40. The molecular weight excluding hydrogens is 242 g/mol. The molecular formula is C15H29NO3. The highest BCUT2D eigenvalue weighted by molar-refractivity contribution is 5.68. The van der Waals surface area contributed by atoms with Gasteiger partial charge in [0.25, 0.3) is 0 Å². The molecule has 0 bridgehead atoms. The minimum Gasteiger partial charge on any atom is -0.444 e. The molecule has 4 nitrogen and oxygen atoms in total. The predicted molar refractivity (Wildman–Crippen MR) is 76.0 cm³/mol. The van der Waals surface area contributed by atoms with Crippen LogP contribution in [0.5, 0.6) is 0 Å². The van der Waals surface area contributed by atoms with Crippen molar-refractivity contribution in [3.05, 3.63) is 0 Å². The van der Waals surface area contributed by atoms with Crippen LogP contribution in [0.1, 0.15) is 60.8 Å². The summed E-state index contributed by atoms with van der Waals surface area (Å²) in [4.78, 5) is 14.1. The van der Waals surface area contributed by atoms with E-state index in [0.717, 1.165) is 19.3 Å². The topological polar surface area (TPSA) is 49.8 Å². The summed E-state index contributed by atoms with van der Waals surface area (Å²) >= 11 is 0. The summed E-state index contributed by atoms with van der Waals surface area (Å²) in [5, 5.41) is 10.0. The first kappa shape index (κ1) is 16.3. The molecule has 0 aromatic rings. The molecule has 1 N–H and O–H groups in total. The third-order valence-corrected chi connectivity index (χ3v) is 3.40. The van der Waals surface area contributed by atoms with Crippen molar-refractivity contribution < 1.29 is 14.6 Å². The van der Waals surface area contributed by atoms with E-state index in [2.05, 4.69) is 6.92 Å². The molecule has 0 aromatic carbocycles. The van der Waals surface area contributed by atoms with E-state index in [1.165, 1.54) is 0 Å². The summed E-state index contributed by atoms with van der Waals surface area (Å²) < 4.78 is 5.48. The molecule has 1 aliphatic carbocycles. The second-order valence-corrected chi connectivity index (χ2v) is 7.40. The Morgan fingerprint density at radius 3 is 2.21 bits per heavy atom. The maximum Gasteiger partial charge on any atom is 0.410 e. The van der Waals surface area contributed by atoms with Crippen molar-refractivity contribution in [1.82, 2.24) is 4.90 Å². The number of amides is 1. The standard InChI is InChI=1S/C15H29NO3/c1-11-8-7-9-12(11)16(10-15(5,6)18)13(17)19-14(2,3)4/h11-12,18H,7-10H2,1-6H3. The van der Waals surface area contributed by atoms with Gasteiger partial charge in [0, 0.05) is 6.04 Å². The van der Waals surface area contributed by atoms with Gasteiger partial charge in [-0.25, -0.2) is 4.79 Å². The molecule has 1 rings (SSSR count). The Balaban J connectivity index is 2.83. The zero-order valence-electron chi connectivity index (χ0n) is 13.2. The number of aliphatic hydroxyl groups is 1. The molecule has 112 valence electrons. The molecule has 0 heterocycles. The van der Waals surface area contributed by atoms with E-state index < -0.39 is 11.2 Å². The zero-order valence-corrected chi connectivity index (χ0v) is 13.2. The highest BCUT2D eigenvalue weighted by atomic mass is 16.6. The van der Waals surface area contributed by atoms with Gasteiger partial charge in [0.05, 0.1) is 12.1 Å². The molecule has 0 aliphatic heterocycles. The summed E-state index contributed by atoms with van der Waals surface area (Å²) in [7, 11) is 0. The van der Waals surface area contributed by atoms with Crippen molar-refractivity contribution in [2.45, 2.75) is 78.0 Å². The van der Waals surface area contributed by atoms with Crippen LogP contribution in [0.3, 0.4) is 0 Å². The van der Waals surface area contributed by atoms with Crippen LogP contribution in [-0.4, -0.2) is 39.9 Å². The highest BCUT2D eigenvalue weighted by Crippen LogP contribution is 2.31. The molecule has 2 unspecified atom stereocenters. The molecule has 2 atom stereocenters. The second-order valence-electron chi connectivity index (χ2n) is 7.40. The van der Waals surface area contributed by atoms with Gasteiger partial charge >= 0.3 is 6.09 Å². The number of carbonyl (C=O) groups excluding carboxylic acids is 1. The van der Waals surface area contributed by atoms with Crippen LogP contribution in [0.2, 0.25) is 0 Å². The molecule has 1 saturated carbocycles. The van der Waals surface area contributed by atoms with Crippen molar-refractivity contribution >= 4 is 6.09 Å².